The van der Waals surface area contributed by atoms with Crippen LogP contribution in [0.15, 0.2) is 61.6 Å². The first-order valence-corrected chi connectivity index (χ1v) is 9.21. The van der Waals surface area contributed by atoms with Gasteiger partial charge in [0.1, 0.15) is 12.1 Å². The van der Waals surface area contributed by atoms with E-state index < -0.39 is 0 Å². The number of nitrogens with zero attached hydrogens (tertiary/aromatic N) is 5. The van der Waals surface area contributed by atoms with Gasteiger partial charge in [-0.2, -0.15) is 0 Å². The maximum Gasteiger partial charge on any atom is 0.147 e. The largest absolute Gasteiger partial charge is 0.355 e. The lowest BCUT2D eigenvalue weighted by Crippen LogP contribution is -2.42. The molecule has 1 unspecified atom stereocenters. The second-order valence-electron chi connectivity index (χ2n) is 7.35. The Hall–Kier alpha value is -2.82. The molecular weight excluding hydrogens is 322 g/mol. The summed E-state index contributed by atoms with van der Waals surface area (Å²) in [5, 5.41) is 0. The average Bonchev–Trinajstić information content (AvgIpc) is 3.04. The normalized spacial score (nSPS) is 20.9. The quantitative estimate of drug-likeness (QED) is 0.714. The van der Waals surface area contributed by atoms with Crippen LogP contribution >= 0.6 is 0 Å². The summed E-state index contributed by atoms with van der Waals surface area (Å²) in [4.78, 5) is 19.6. The molecule has 0 N–H and O–H groups in total. The molecule has 5 nitrogen and oxygen atoms in total. The van der Waals surface area contributed by atoms with Gasteiger partial charge in [0.25, 0.3) is 0 Å². The Labute approximate surface area is 153 Å². The molecular formula is C21H21N5. The zero-order valence-corrected chi connectivity index (χ0v) is 14.6. The molecule has 1 spiro atoms. The molecule has 1 saturated heterocycles. The number of benzene rings is 1. The van der Waals surface area contributed by atoms with Crippen LogP contribution in [0.25, 0.3) is 0 Å². The van der Waals surface area contributed by atoms with Gasteiger partial charge in [-0.05, 0) is 41.4 Å². The van der Waals surface area contributed by atoms with Gasteiger partial charge in [-0.15, -0.1) is 0 Å². The summed E-state index contributed by atoms with van der Waals surface area (Å²) in [6, 6.07) is 8.96. The molecule has 1 fully saturated rings. The lowest BCUT2D eigenvalue weighted by molar-refractivity contribution is 0.320. The molecule has 1 atom stereocenters. The highest BCUT2D eigenvalue weighted by molar-refractivity contribution is 5.49. The maximum atomic E-state index is 4.47. The monoisotopic (exact) mass is 343 g/mol. The van der Waals surface area contributed by atoms with Crippen LogP contribution in [0.4, 0.5) is 5.82 Å². The molecule has 2 aliphatic rings. The van der Waals surface area contributed by atoms with Crippen molar-refractivity contribution in [3.8, 4) is 0 Å². The average molecular weight is 343 g/mol. The van der Waals surface area contributed by atoms with E-state index in [2.05, 4.69) is 49.1 Å². The van der Waals surface area contributed by atoms with Crippen LogP contribution in [-0.2, 0) is 5.41 Å². The molecule has 1 aromatic carbocycles. The summed E-state index contributed by atoms with van der Waals surface area (Å²) < 4.78 is 0. The highest BCUT2D eigenvalue weighted by atomic mass is 15.2. The lowest BCUT2D eigenvalue weighted by atomic mass is 9.73. The van der Waals surface area contributed by atoms with Crippen LogP contribution in [0.1, 0.15) is 41.9 Å². The minimum Gasteiger partial charge on any atom is -0.355 e. The fraction of sp³-hybridized carbons (Fsp3) is 0.333. The molecule has 3 aromatic rings. The zero-order valence-electron chi connectivity index (χ0n) is 14.6. The fourth-order valence-corrected chi connectivity index (χ4v) is 4.77. The summed E-state index contributed by atoms with van der Waals surface area (Å²) in [7, 11) is 0. The van der Waals surface area contributed by atoms with Crippen molar-refractivity contribution in [3.63, 3.8) is 0 Å². The van der Waals surface area contributed by atoms with E-state index in [1.54, 1.807) is 18.7 Å². The molecule has 0 amide bonds. The molecule has 5 rings (SSSR count). The predicted octanol–water partition coefficient (Wildman–Crippen LogP) is 3.34. The van der Waals surface area contributed by atoms with E-state index in [9.17, 15) is 0 Å². The smallest absolute Gasteiger partial charge is 0.147 e. The fourth-order valence-electron chi connectivity index (χ4n) is 4.77. The molecule has 0 saturated carbocycles. The van der Waals surface area contributed by atoms with Gasteiger partial charge in [-0.25, -0.2) is 15.0 Å². The van der Waals surface area contributed by atoms with Crippen LogP contribution < -0.4 is 4.90 Å². The van der Waals surface area contributed by atoms with Crippen LogP contribution in [0.3, 0.4) is 0 Å². The number of hydrogen-bond donors (Lipinski definition) is 0. The number of piperidine rings is 1. The van der Waals surface area contributed by atoms with Gasteiger partial charge < -0.3 is 4.90 Å². The highest BCUT2D eigenvalue weighted by Crippen LogP contribution is 2.53. The van der Waals surface area contributed by atoms with Crippen molar-refractivity contribution >= 4 is 5.82 Å². The van der Waals surface area contributed by atoms with Crippen LogP contribution in [0, 0.1) is 0 Å². The number of aromatic nitrogens is 4. The molecule has 1 aliphatic heterocycles. The summed E-state index contributed by atoms with van der Waals surface area (Å²) in [5.41, 5.74) is 4.45. The first-order chi connectivity index (χ1) is 12.9. The van der Waals surface area contributed by atoms with Crippen molar-refractivity contribution in [1.29, 1.82) is 0 Å². The Kier molecular flexibility index (Phi) is 3.66. The molecule has 3 heterocycles. The van der Waals surface area contributed by atoms with Crippen LogP contribution in [-0.4, -0.2) is 33.0 Å². The Morgan fingerprint density at radius 2 is 1.73 bits per heavy atom. The van der Waals surface area contributed by atoms with E-state index in [0.717, 1.165) is 38.2 Å². The Balaban J connectivity index is 1.45. The molecule has 1 aliphatic carbocycles. The minimum atomic E-state index is 0.246. The van der Waals surface area contributed by atoms with E-state index in [4.69, 9.17) is 0 Å². The topological polar surface area (TPSA) is 54.8 Å². The maximum absolute atomic E-state index is 4.47. The van der Waals surface area contributed by atoms with Crippen molar-refractivity contribution in [2.75, 3.05) is 18.0 Å². The third kappa shape index (κ3) is 2.46. The van der Waals surface area contributed by atoms with Gasteiger partial charge in [-0.1, -0.05) is 24.3 Å². The number of hydrogen-bond acceptors (Lipinski definition) is 5. The van der Waals surface area contributed by atoms with Crippen molar-refractivity contribution in [2.24, 2.45) is 0 Å². The minimum absolute atomic E-state index is 0.246. The summed E-state index contributed by atoms with van der Waals surface area (Å²) in [6.45, 7) is 2.04. The second-order valence-corrected chi connectivity index (χ2v) is 7.35. The van der Waals surface area contributed by atoms with Gasteiger partial charge >= 0.3 is 0 Å². The number of anilines is 1. The molecule has 2 aromatic heterocycles. The standard InChI is InChI=1S/C21H21N5/c1-2-4-19-17(3-1)18(16-12-23-15-24-13-16)11-21(19)5-9-26(10-6-21)20-14-22-7-8-25-20/h1-4,7-8,12-15,18H,5-6,9-11H2. The lowest BCUT2D eigenvalue weighted by Gasteiger charge is -2.40. The van der Waals surface area contributed by atoms with Crippen molar-refractivity contribution in [2.45, 2.75) is 30.6 Å². The SMILES string of the molecule is c1ccc2c(c1)C(c1cncnc1)CC21CCN(c2cnccn2)CC1. The van der Waals surface area contributed by atoms with Crippen molar-refractivity contribution < 1.29 is 0 Å². The van der Waals surface area contributed by atoms with Crippen LogP contribution in [0.2, 0.25) is 0 Å². The van der Waals surface area contributed by atoms with E-state index in [0.29, 0.717) is 5.92 Å². The van der Waals surface area contributed by atoms with E-state index >= 15 is 0 Å². The third-order valence-electron chi connectivity index (χ3n) is 6.08. The van der Waals surface area contributed by atoms with Gasteiger partial charge in [0.05, 0.1) is 6.20 Å². The Morgan fingerprint density at radius 1 is 0.923 bits per heavy atom. The Morgan fingerprint density at radius 3 is 2.50 bits per heavy atom. The second kappa shape index (κ2) is 6.16. The molecule has 26 heavy (non-hydrogen) atoms. The first-order valence-electron chi connectivity index (χ1n) is 9.21. The third-order valence-corrected chi connectivity index (χ3v) is 6.08. The summed E-state index contributed by atoms with van der Waals surface area (Å²) in [5.74, 6) is 1.39. The number of fused-ring (bicyclic) bond motifs is 2. The van der Waals surface area contributed by atoms with E-state index in [-0.39, 0.29) is 5.41 Å². The molecule has 0 bridgehead atoms. The summed E-state index contributed by atoms with van der Waals surface area (Å²) in [6.07, 6.45) is 14.4. The highest BCUT2D eigenvalue weighted by Gasteiger charge is 2.45. The van der Waals surface area contributed by atoms with Crippen molar-refractivity contribution in [1.82, 2.24) is 19.9 Å². The van der Waals surface area contributed by atoms with Gasteiger partial charge in [0.15, 0.2) is 0 Å². The van der Waals surface area contributed by atoms with Gasteiger partial charge in [0, 0.05) is 43.8 Å². The zero-order chi connectivity index (χ0) is 17.4. The first kappa shape index (κ1) is 15.4. The van der Waals surface area contributed by atoms with Crippen LogP contribution in [0.5, 0.6) is 0 Å². The van der Waals surface area contributed by atoms with Gasteiger partial charge in [0.2, 0.25) is 0 Å². The molecule has 130 valence electrons. The molecule has 0 radical (unpaired) electrons. The van der Waals surface area contributed by atoms with E-state index in [1.807, 2.05) is 18.6 Å². The predicted molar refractivity (Wildman–Crippen MR) is 100 cm³/mol. The molecule has 5 heteroatoms. The summed E-state index contributed by atoms with van der Waals surface area (Å²) >= 11 is 0. The van der Waals surface area contributed by atoms with Gasteiger partial charge in [-0.3, -0.25) is 4.98 Å². The van der Waals surface area contributed by atoms with E-state index in [1.165, 1.54) is 16.7 Å². The Bertz CT molecular complexity index is 889. The van der Waals surface area contributed by atoms with Crippen molar-refractivity contribution in [3.05, 3.63) is 78.3 Å². The number of rotatable bonds is 2.